The van der Waals surface area contributed by atoms with Crippen molar-refractivity contribution in [3.05, 3.63) is 0 Å². The van der Waals surface area contributed by atoms with Crippen LogP contribution in [0.3, 0.4) is 0 Å². The largest absolute Gasteiger partial charge is 0.391 e. The number of likely N-dealkylation sites (tertiary alicyclic amines) is 1. The highest BCUT2D eigenvalue weighted by molar-refractivity contribution is 4.95. The van der Waals surface area contributed by atoms with Crippen LogP contribution in [-0.2, 0) is 0 Å². The van der Waals surface area contributed by atoms with E-state index in [9.17, 15) is 5.11 Å². The highest BCUT2D eigenvalue weighted by Gasteiger charge is 2.41. The summed E-state index contributed by atoms with van der Waals surface area (Å²) in [7, 11) is 0. The van der Waals surface area contributed by atoms with Crippen LogP contribution in [0.25, 0.3) is 0 Å². The van der Waals surface area contributed by atoms with Gasteiger partial charge in [-0.1, -0.05) is 34.1 Å². The molecule has 1 saturated carbocycles. The Labute approximate surface area is 119 Å². The van der Waals surface area contributed by atoms with E-state index in [1.54, 1.807) is 0 Å². The minimum Gasteiger partial charge on any atom is -0.391 e. The van der Waals surface area contributed by atoms with E-state index in [0.717, 1.165) is 18.4 Å². The van der Waals surface area contributed by atoms with Crippen LogP contribution in [0.15, 0.2) is 0 Å². The van der Waals surface area contributed by atoms with E-state index >= 15 is 0 Å². The molecule has 1 aliphatic heterocycles. The predicted molar refractivity (Wildman–Crippen MR) is 81.2 cm³/mol. The molecule has 0 radical (unpaired) electrons. The summed E-state index contributed by atoms with van der Waals surface area (Å²) < 4.78 is 0. The highest BCUT2D eigenvalue weighted by atomic mass is 16.3. The minimum atomic E-state index is -0.0870. The maximum absolute atomic E-state index is 10.5. The second kappa shape index (κ2) is 6.13. The summed E-state index contributed by atoms with van der Waals surface area (Å²) in [5, 5.41) is 10.5. The number of aliphatic hydroxyl groups excluding tert-OH is 1. The molecule has 112 valence electrons. The molecule has 2 aliphatic rings. The maximum atomic E-state index is 10.5. The molecule has 0 aromatic rings. The van der Waals surface area contributed by atoms with Crippen molar-refractivity contribution >= 4 is 0 Å². The maximum Gasteiger partial charge on any atom is 0.0695 e. The van der Waals surface area contributed by atoms with Crippen LogP contribution in [0.4, 0.5) is 0 Å². The number of aliphatic hydroxyl groups is 1. The van der Waals surface area contributed by atoms with E-state index in [-0.39, 0.29) is 6.10 Å². The van der Waals surface area contributed by atoms with Gasteiger partial charge >= 0.3 is 0 Å². The quantitative estimate of drug-likeness (QED) is 0.837. The molecular weight excluding hydrogens is 234 g/mol. The number of hydrogen-bond donors (Lipinski definition) is 1. The summed E-state index contributed by atoms with van der Waals surface area (Å²) in [5.41, 5.74) is 0.430. The molecule has 19 heavy (non-hydrogen) atoms. The summed E-state index contributed by atoms with van der Waals surface area (Å²) >= 11 is 0. The Balaban J connectivity index is 2.06. The zero-order valence-electron chi connectivity index (χ0n) is 13.4. The minimum absolute atomic E-state index is 0.0870. The van der Waals surface area contributed by atoms with Gasteiger partial charge in [-0.05, 0) is 56.4 Å². The van der Waals surface area contributed by atoms with Crippen molar-refractivity contribution < 1.29 is 5.11 Å². The standard InChI is InChI=1S/C17H33NO/c1-5-14-8-7-11-18(14)15-12-13(9-10-16(15)19)17(3,4)6-2/h13-16,19H,5-12H2,1-4H3. The summed E-state index contributed by atoms with van der Waals surface area (Å²) in [6, 6.07) is 1.15. The van der Waals surface area contributed by atoms with Crippen LogP contribution in [0.5, 0.6) is 0 Å². The summed E-state index contributed by atoms with van der Waals surface area (Å²) in [6.45, 7) is 10.6. The van der Waals surface area contributed by atoms with Crippen molar-refractivity contribution in [1.29, 1.82) is 0 Å². The van der Waals surface area contributed by atoms with Crippen LogP contribution in [-0.4, -0.2) is 34.7 Å². The molecular formula is C17H33NO. The molecule has 1 aliphatic carbocycles. The van der Waals surface area contributed by atoms with Gasteiger partial charge in [0.1, 0.15) is 0 Å². The van der Waals surface area contributed by atoms with Crippen molar-refractivity contribution in [1.82, 2.24) is 4.90 Å². The van der Waals surface area contributed by atoms with Crippen molar-refractivity contribution in [3.8, 4) is 0 Å². The first-order chi connectivity index (χ1) is 8.99. The molecule has 0 aromatic carbocycles. The molecule has 2 rings (SSSR count). The molecule has 4 unspecified atom stereocenters. The average Bonchev–Trinajstić information content (AvgIpc) is 2.87. The fourth-order valence-corrected chi connectivity index (χ4v) is 4.22. The molecule has 1 N–H and O–H groups in total. The Bertz CT molecular complexity index is 289. The van der Waals surface area contributed by atoms with Gasteiger partial charge in [-0.25, -0.2) is 0 Å². The lowest BCUT2D eigenvalue weighted by atomic mass is 9.67. The number of rotatable bonds is 4. The fourth-order valence-electron chi connectivity index (χ4n) is 4.22. The van der Waals surface area contributed by atoms with Crippen molar-refractivity contribution in [3.63, 3.8) is 0 Å². The molecule has 2 nitrogen and oxygen atoms in total. The van der Waals surface area contributed by atoms with Gasteiger partial charge in [0.05, 0.1) is 6.10 Å². The Morgan fingerprint density at radius 3 is 2.53 bits per heavy atom. The molecule has 0 aromatic heterocycles. The molecule has 0 amide bonds. The molecule has 2 fully saturated rings. The highest BCUT2D eigenvalue weighted by Crippen LogP contribution is 2.43. The Kier molecular flexibility index (Phi) is 4.94. The van der Waals surface area contributed by atoms with Crippen LogP contribution in [0, 0.1) is 11.3 Å². The van der Waals surface area contributed by atoms with Crippen LogP contribution in [0.1, 0.15) is 72.6 Å². The summed E-state index contributed by atoms with van der Waals surface area (Å²) in [6.07, 6.45) is 8.48. The van der Waals surface area contributed by atoms with E-state index in [1.807, 2.05) is 0 Å². The van der Waals surface area contributed by atoms with E-state index < -0.39 is 0 Å². The number of nitrogens with zero attached hydrogens (tertiary/aromatic N) is 1. The van der Waals surface area contributed by atoms with Crippen molar-refractivity contribution in [2.45, 2.75) is 90.8 Å². The Hall–Kier alpha value is -0.0800. The molecule has 0 bridgehead atoms. The first-order valence-corrected chi connectivity index (χ1v) is 8.43. The smallest absolute Gasteiger partial charge is 0.0695 e. The third-order valence-corrected chi connectivity index (χ3v) is 6.12. The molecule has 1 heterocycles. The SMILES string of the molecule is CCC1CCCN1C1CC(C(C)(C)CC)CCC1O. The normalized spacial score (nSPS) is 37.7. The molecule has 1 saturated heterocycles. The lowest BCUT2D eigenvalue weighted by Crippen LogP contribution is -2.50. The second-order valence-electron chi connectivity index (χ2n) is 7.43. The lowest BCUT2D eigenvalue weighted by Gasteiger charge is -2.46. The van der Waals surface area contributed by atoms with Crippen LogP contribution < -0.4 is 0 Å². The predicted octanol–water partition coefficient (Wildman–Crippen LogP) is 3.83. The van der Waals surface area contributed by atoms with Crippen molar-refractivity contribution in [2.75, 3.05) is 6.54 Å². The zero-order chi connectivity index (χ0) is 14.0. The number of hydrogen-bond acceptors (Lipinski definition) is 2. The molecule has 4 atom stereocenters. The van der Waals surface area contributed by atoms with Gasteiger partial charge in [0.15, 0.2) is 0 Å². The first kappa shape index (κ1) is 15.3. The summed E-state index contributed by atoms with van der Waals surface area (Å²) in [5.74, 6) is 0.781. The van der Waals surface area contributed by atoms with Gasteiger partial charge in [-0.3, -0.25) is 4.90 Å². The molecule has 2 heteroatoms. The van der Waals surface area contributed by atoms with Crippen LogP contribution in [0.2, 0.25) is 0 Å². The average molecular weight is 267 g/mol. The Morgan fingerprint density at radius 1 is 1.16 bits per heavy atom. The van der Waals surface area contributed by atoms with Gasteiger partial charge in [0.2, 0.25) is 0 Å². The van der Waals surface area contributed by atoms with Gasteiger partial charge in [-0.15, -0.1) is 0 Å². The molecule has 0 spiro atoms. The second-order valence-corrected chi connectivity index (χ2v) is 7.43. The van der Waals surface area contributed by atoms with Crippen molar-refractivity contribution in [2.24, 2.45) is 11.3 Å². The monoisotopic (exact) mass is 267 g/mol. The van der Waals surface area contributed by atoms with E-state index in [4.69, 9.17) is 0 Å². The Morgan fingerprint density at radius 2 is 1.89 bits per heavy atom. The summed E-state index contributed by atoms with van der Waals surface area (Å²) in [4.78, 5) is 2.64. The lowest BCUT2D eigenvalue weighted by molar-refractivity contribution is -0.0259. The van der Waals surface area contributed by atoms with E-state index in [2.05, 4.69) is 32.6 Å². The third-order valence-electron chi connectivity index (χ3n) is 6.12. The van der Waals surface area contributed by atoms with Gasteiger partial charge < -0.3 is 5.11 Å². The zero-order valence-corrected chi connectivity index (χ0v) is 13.4. The van der Waals surface area contributed by atoms with Gasteiger partial charge in [-0.2, -0.15) is 0 Å². The first-order valence-electron chi connectivity index (χ1n) is 8.43. The third kappa shape index (κ3) is 3.16. The van der Waals surface area contributed by atoms with Gasteiger partial charge in [0.25, 0.3) is 0 Å². The van der Waals surface area contributed by atoms with E-state index in [0.29, 0.717) is 11.5 Å². The van der Waals surface area contributed by atoms with Gasteiger partial charge in [0, 0.05) is 12.1 Å². The van der Waals surface area contributed by atoms with Crippen LogP contribution >= 0.6 is 0 Å². The van der Waals surface area contributed by atoms with E-state index in [1.165, 1.54) is 45.1 Å². The fraction of sp³-hybridized carbons (Fsp3) is 1.00. The topological polar surface area (TPSA) is 23.5 Å².